The Balaban J connectivity index is 2.99. The molecule has 0 aliphatic carbocycles. The molecule has 0 saturated heterocycles. The monoisotopic (exact) mass is 282 g/mol. The van der Waals surface area contributed by atoms with E-state index in [1.54, 1.807) is 13.2 Å². The predicted molar refractivity (Wildman–Crippen MR) is 82.8 cm³/mol. The zero-order valence-corrected chi connectivity index (χ0v) is 13.1. The van der Waals surface area contributed by atoms with Crippen molar-refractivity contribution in [1.82, 2.24) is 5.32 Å². The van der Waals surface area contributed by atoms with E-state index in [9.17, 15) is 4.39 Å². The van der Waals surface area contributed by atoms with Crippen molar-refractivity contribution >= 4 is 5.69 Å². The van der Waals surface area contributed by atoms with Gasteiger partial charge in [0.2, 0.25) is 0 Å². The Morgan fingerprint density at radius 2 is 2.00 bits per heavy atom. The van der Waals surface area contributed by atoms with Gasteiger partial charge in [-0.25, -0.2) is 4.39 Å². The Kier molecular flexibility index (Phi) is 7.55. The summed E-state index contributed by atoms with van der Waals surface area (Å²) in [6, 6.07) is 5.83. The summed E-state index contributed by atoms with van der Waals surface area (Å²) in [5.74, 6) is -0.152. The molecule has 20 heavy (non-hydrogen) atoms. The molecule has 0 unspecified atom stereocenters. The van der Waals surface area contributed by atoms with E-state index in [2.05, 4.69) is 24.1 Å². The molecule has 0 bridgehead atoms. The number of ether oxygens (including phenoxy) is 1. The first-order chi connectivity index (χ1) is 9.67. The van der Waals surface area contributed by atoms with Crippen LogP contribution in [-0.4, -0.2) is 33.4 Å². The number of hydrogen-bond donors (Lipinski definition) is 1. The van der Waals surface area contributed by atoms with E-state index in [-0.39, 0.29) is 5.82 Å². The number of nitrogens with one attached hydrogen (secondary N) is 1. The van der Waals surface area contributed by atoms with Crippen LogP contribution in [0.5, 0.6) is 0 Å². The third-order valence-corrected chi connectivity index (χ3v) is 3.62. The van der Waals surface area contributed by atoms with Gasteiger partial charge in [-0.3, -0.25) is 0 Å². The molecule has 0 aromatic heterocycles. The van der Waals surface area contributed by atoms with Crippen molar-refractivity contribution in [1.29, 1.82) is 0 Å². The van der Waals surface area contributed by atoms with Crippen LogP contribution < -0.4 is 10.2 Å². The lowest BCUT2D eigenvalue weighted by Gasteiger charge is -2.33. The molecule has 3 nitrogen and oxygen atoms in total. The molecule has 4 heteroatoms. The summed E-state index contributed by atoms with van der Waals surface area (Å²) in [7, 11) is 3.54. The highest BCUT2D eigenvalue weighted by Gasteiger charge is 2.18. The fraction of sp³-hybridized carbons (Fsp3) is 0.625. The number of halogens is 1. The third-order valence-electron chi connectivity index (χ3n) is 3.62. The average molecular weight is 282 g/mol. The Bertz CT molecular complexity index is 394. The number of rotatable bonds is 9. The maximum atomic E-state index is 14.4. The van der Waals surface area contributed by atoms with Crippen molar-refractivity contribution in [2.24, 2.45) is 0 Å². The molecule has 1 rings (SSSR count). The summed E-state index contributed by atoms with van der Waals surface area (Å²) in [6.45, 7) is 6.28. The molecule has 0 amide bonds. The van der Waals surface area contributed by atoms with Crippen LogP contribution in [0, 0.1) is 5.82 Å². The van der Waals surface area contributed by atoms with Gasteiger partial charge in [-0.1, -0.05) is 19.9 Å². The Hall–Kier alpha value is -1.13. The van der Waals surface area contributed by atoms with Crippen molar-refractivity contribution in [3.8, 4) is 0 Å². The SMILES string of the molecule is CCC(CC)N(CCOC)c1ccc(CNC)cc1F. The minimum atomic E-state index is -0.152. The molecule has 1 N–H and O–H groups in total. The number of methoxy groups -OCH3 is 1. The van der Waals surface area contributed by atoms with Gasteiger partial charge >= 0.3 is 0 Å². The molecule has 114 valence electrons. The fourth-order valence-electron chi connectivity index (χ4n) is 2.52. The van der Waals surface area contributed by atoms with E-state index in [0.29, 0.717) is 31.4 Å². The summed E-state index contributed by atoms with van der Waals surface area (Å²) in [5.41, 5.74) is 1.64. The largest absolute Gasteiger partial charge is 0.383 e. The van der Waals surface area contributed by atoms with Gasteiger partial charge in [-0.05, 0) is 37.6 Å². The Labute approximate surface area is 122 Å². The Morgan fingerprint density at radius 3 is 2.50 bits per heavy atom. The minimum absolute atomic E-state index is 0.152. The second-order valence-corrected chi connectivity index (χ2v) is 4.97. The van der Waals surface area contributed by atoms with Crippen molar-refractivity contribution in [3.63, 3.8) is 0 Å². The van der Waals surface area contributed by atoms with Crippen molar-refractivity contribution < 1.29 is 9.13 Å². The van der Waals surface area contributed by atoms with E-state index in [0.717, 1.165) is 18.4 Å². The second kappa shape index (κ2) is 8.93. The second-order valence-electron chi connectivity index (χ2n) is 4.97. The van der Waals surface area contributed by atoms with Crippen LogP contribution in [0.2, 0.25) is 0 Å². The standard InChI is InChI=1S/C16H27FN2O/c1-5-14(6-2)19(9-10-20-4)16-8-7-13(12-18-3)11-15(16)17/h7-8,11,14,18H,5-6,9-10,12H2,1-4H3. The van der Waals surface area contributed by atoms with Crippen molar-refractivity contribution in [3.05, 3.63) is 29.6 Å². The summed E-state index contributed by atoms with van der Waals surface area (Å²) in [6.07, 6.45) is 2.00. The molecular formula is C16H27FN2O. The maximum absolute atomic E-state index is 14.4. The van der Waals surface area contributed by atoms with Crippen molar-refractivity contribution in [2.75, 3.05) is 32.2 Å². The summed E-state index contributed by atoms with van der Waals surface area (Å²) in [5, 5.41) is 3.04. The number of benzene rings is 1. The van der Waals surface area contributed by atoms with Crippen LogP contribution in [-0.2, 0) is 11.3 Å². The lowest BCUT2D eigenvalue weighted by atomic mass is 10.1. The van der Waals surface area contributed by atoms with Crippen LogP contribution in [0.1, 0.15) is 32.3 Å². The third kappa shape index (κ3) is 4.46. The van der Waals surface area contributed by atoms with Gasteiger partial charge in [0.1, 0.15) is 5.82 Å². The first kappa shape index (κ1) is 16.9. The van der Waals surface area contributed by atoms with Gasteiger partial charge in [0.25, 0.3) is 0 Å². The molecule has 0 atom stereocenters. The van der Waals surface area contributed by atoms with Gasteiger partial charge < -0.3 is 15.0 Å². The van der Waals surface area contributed by atoms with Gasteiger partial charge in [0, 0.05) is 26.2 Å². The first-order valence-electron chi connectivity index (χ1n) is 7.36. The van der Waals surface area contributed by atoms with Crippen LogP contribution >= 0.6 is 0 Å². The molecule has 0 heterocycles. The lowest BCUT2D eigenvalue weighted by molar-refractivity contribution is 0.202. The lowest BCUT2D eigenvalue weighted by Crippen LogP contribution is -2.37. The molecule has 0 aliphatic heterocycles. The zero-order valence-electron chi connectivity index (χ0n) is 13.1. The topological polar surface area (TPSA) is 24.5 Å². The van der Waals surface area contributed by atoms with E-state index in [4.69, 9.17) is 4.74 Å². The molecule has 0 aliphatic rings. The van der Waals surface area contributed by atoms with Crippen LogP contribution in [0.15, 0.2) is 18.2 Å². The molecule has 0 saturated carbocycles. The first-order valence-corrected chi connectivity index (χ1v) is 7.36. The summed E-state index contributed by atoms with van der Waals surface area (Å²) in [4.78, 5) is 2.13. The summed E-state index contributed by atoms with van der Waals surface area (Å²) >= 11 is 0. The molecule has 0 spiro atoms. The van der Waals surface area contributed by atoms with Gasteiger partial charge in [-0.2, -0.15) is 0 Å². The fourth-order valence-corrected chi connectivity index (χ4v) is 2.52. The number of nitrogens with zero attached hydrogens (tertiary/aromatic N) is 1. The molecule has 0 fully saturated rings. The smallest absolute Gasteiger partial charge is 0.146 e. The Morgan fingerprint density at radius 1 is 1.30 bits per heavy atom. The minimum Gasteiger partial charge on any atom is -0.383 e. The van der Waals surface area contributed by atoms with Crippen LogP contribution in [0.25, 0.3) is 0 Å². The van der Waals surface area contributed by atoms with Crippen molar-refractivity contribution in [2.45, 2.75) is 39.3 Å². The molecular weight excluding hydrogens is 255 g/mol. The van der Waals surface area contributed by atoms with Gasteiger partial charge in [0.05, 0.1) is 12.3 Å². The van der Waals surface area contributed by atoms with Crippen LogP contribution in [0.3, 0.4) is 0 Å². The van der Waals surface area contributed by atoms with Crippen LogP contribution in [0.4, 0.5) is 10.1 Å². The normalized spacial score (nSPS) is 11.1. The predicted octanol–water partition coefficient (Wildman–Crippen LogP) is 3.19. The zero-order chi connectivity index (χ0) is 15.0. The van der Waals surface area contributed by atoms with E-state index < -0.39 is 0 Å². The number of hydrogen-bond acceptors (Lipinski definition) is 3. The van der Waals surface area contributed by atoms with E-state index in [1.807, 2.05) is 19.2 Å². The van der Waals surface area contributed by atoms with E-state index >= 15 is 0 Å². The summed E-state index contributed by atoms with van der Waals surface area (Å²) < 4.78 is 19.5. The molecule has 1 aromatic carbocycles. The number of anilines is 1. The average Bonchev–Trinajstić information content (AvgIpc) is 2.45. The maximum Gasteiger partial charge on any atom is 0.146 e. The molecule has 0 radical (unpaired) electrons. The van der Waals surface area contributed by atoms with E-state index in [1.165, 1.54) is 0 Å². The highest BCUT2D eigenvalue weighted by atomic mass is 19.1. The van der Waals surface area contributed by atoms with Gasteiger partial charge in [0.15, 0.2) is 0 Å². The molecule has 1 aromatic rings. The highest BCUT2D eigenvalue weighted by molar-refractivity contribution is 5.50. The quantitative estimate of drug-likeness (QED) is 0.753. The highest BCUT2D eigenvalue weighted by Crippen LogP contribution is 2.24. The van der Waals surface area contributed by atoms with Gasteiger partial charge in [-0.15, -0.1) is 0 Å².